The highest BCUT2D eigenvalue weighted by atomic mass is 16.7. The molecule has 7 rings (SSSR count). The molecule has 3 heterocycles. The first-order chi connectivity index (χ1) is 16.7. The molecule has 4 aromatic carbocycles. The average molecular weight is 457 g/mol. The maximum atomic E-state index is 6.30. The van der Waals surface area contributed by atoms with E-state index in [-0.39, 0.29) is 18.3 Å². The molecular formula is C31H28BNO2. The van der Waals surface area contributed by atoms with E-state index in [1.54, 1.807) is 0 Å². The van der Waals surface area contributed by atoms with Gasteiger partial charge in [-0.1, -0.05) is 54.6 Å². The van der Waals surface area contributed by atoms with Gasteiger partial charge in [0.25, 0.3) is 0 Å². The molecule has 6 aromatic rings. The first-order valence-corrected chi connectivity index (χ1v) is 12.4. The molecule has 0 spiro atoms. The Kier molecular flexibility index (Phi) is 4.12. The van der Waals surface area contributed by atoms with Gasteiger partial charge in [-0.25, -0.2) is 0 Å². The number of rotatable bonds is 2. The SMILES string of the molecule is Cc1cc(B2OC(C)(C)C(C)(C)O2)ccc1-c1cc2c3ccccc3n3c4ccccc4c(c1)c23. The molecule has 4 heteroatoms. The van der Waals surface area contributed by atoms with Crippen LogP contribution in [-0.4, -0.2) is 22.7 Å². The van der Waals surface area contributed by atoms with Crippen molar-refractivity contribution < 1.29 is 9.31 Å². The molecule has 1 fully saturated rings. The van der Waals surface area contributed by atoms with Gasteiger partial charge >= 0.3 is 7.12 Å². The highest BCUT2D eigenvalue weighted by Crippen LogP contribution is 2.42. The Bertz CT molecular complexity index is 1680. The Labute approximate surface area is 205 Å². The van der Waals surface area contributed by atoms with E-state index in [0.29, 0.717) is 0 Å². The lowest BCUT2D eigenvalue weighted by molar-refractivity contribution is 0.00578. The Balaban J connectivity index is 1.43. The summed E-state index contributed by atoms with van der Waals surface area (Å²) in [5, 5.41) is 5.20. The molecule has 0 atom stereocenters. The molecule has 0 N–H and O–H groups in total. The Morgan fingerprint density at radius 2 is 1.20 bits per heavy atom. The number of para-hydroxylation sites is 2. The quantitative estimate of drug-likeness (QED) is 0.259. The van der Waals surface area contributed by atoms with Crippen LogP contribution in [0.15, 0.2) is 78.9 Å². The number of hydrogen-bond donors (Lipinski definition) is 0. The van der Waals surface area contributed by atoms with Crippen LogP contribution >= 0.6 is 0 Å². The summed E-state index contributed by atoms with van der Waals surface area (Å²) in [7, 11) is -0.349. The van der Waals surface area contributed by atoms with E-state index in [0.717, 1.165) is 5.46 Å². The van der Waals surface area contributed by atoms with Gasteiger partial charge in [0.15, 0.2) is 0 Å². The molecule has 172 valence electrons. The molecule has 0 saturated carbocycles. The van der Waals surface area contributed by atoms with Gasteiger partial charge in [0.1, 0.15) is 0 Å². The summed E-state index contributed by atoms with van der Waals surface area (Å²) < 4.78 is 15.0. The molecular weight excluding hydrogens is 429 g/mol. The zero-order valence-electron chi connectivity index (χ0n) is 20.8. The van der Waals surface area contributed by atoms with Gasteiger partial charge in [0.05, 0.1) is 27.8 Å². The first kappa shape index (κ1) is 21.0. The van der Waals surface area contributed by atoms with Crippen molar-refractivity contribution in [2.24, 2.45) is 0 Å². The lowest BCUT2D eigenvalue weighted by atomic mass is 9.77. The summed E-state index contributed by atoms with van der Waals surface area (Å²) >= 11 is 0. The summed E-state index contributed by atoms with van der Waals surface area (Å²) in [4.78, 5) is 0. The molecule has 35 heavy (non-hydrogen) atoms. The van der Waals surface area contributed by atoms with Crippen molar-refractivity contribution in [3.05, 3.63) is 84.4 Å². The fourth-order valence-electron chi connectivity index (χ4n) is 5.74. The topological polar surface area (TPSA) is 22.9 Å². The Morgan fingerprint density at radius 3 is 1.74 bits per heavy atom. The van der Waals surface area contributed by atoms with Gasteiger partial charge < -0.3 is 13.7 Å². The number of benzene rings is 4. The number of aromatic nitrogens is 1. The second-order valence-electron chi connectivity index (χ2n) is 11.0. The lowest BCUT2D eigenvalue weighted by Crippen LogP contribution is -2.41. The predicted molar refractivity (Wildman–Crippen MR) is 147 cm³/mol. The fraction of sp³-hybridized carbons (Fsp3) is 0.226. The van der Waals surface area contributed by atoms with Crippen LogP contribution in [0.25, 0.3) is 49.2 Å². The average Bonchev–Trinajstić information content (AvgIpc) is 3.42. The zero-order valence-corrected chi connectivity index (χ0v) is 20.8. The van der Waals surface area contributed by atoms with Crippen molar-refractivity contribution in [2.45, 2.75) is 45.8 Å². The summed E-state index contributed by atoms with van der Waals surface area (Å²) in [6.45, 7) is 10.6. The summed E-state index contributed by atoms with van der Waals surface area (Å²) in [5.41, 5.74) is 7.91. The molecule has 0 amide bonds. The molecule has 1 saturated heterocycles. The summed E-state index contributed by atoms with van der Waals surface area (Å²) in [6.07, 6.45) is 0. The molecule has 3 nitrogen and oxygen atoms in total. The van der Waals surface area contributed by atoms with E-state index in [1.165, 1.54) is 54.8 Å². The van der Waals surface area contributed by atoms with Gasteiger partial charge in [-0.3, -0.25) is 0 Å². The number of fused-ring (bicyclic) bond motifs is 6. The van der Waals surface area contributed by atoms with Crippen molar-refractivity contribution in [3.8, 4) is 11.1 Å². The zero-order chi connectivity index (χ0) is 24.1. The molecule has 0 radical (unpaired) electrons. The Hall–Kier alpha value is -3.34. The molecule has 0 bridgehead atoms. The second kappa shape index (κ2) is 6.87. The molecule has 2 aromatic heterocycles. The van der Waals surface area contributed by atoms with Gasteiger partial charge in [-0.05, 0) is 81.0 Å². The summed E-state index contributed by atoms with van der Waals surface area (Å²) in [6, 6.07) is 28.8. The van der Waals surface area contributed by atoms with Crippen LogP contribution in [0, 0.1) is 6.92 Å². The minimum Gasteiger partial charge on any atom is -0.399 e. The van der Waals surface area contributed by atoms with E-state index in [4.69, 9.17) is 9.31 Å². The summed E-state index contributed by atoms with van der Waals surface area (Å²) in [5.74, 6) is 0. The Morgan fingerprint density at radius 1 is 0.657 bits per heavy atom. The second-order valence-corrected chi connectivity index (χ2v) is 11.0. The van der Waals surface area contributed by atoms with Crippen LogP contribution < -0.4 is 5.46 Å². The van der Waals surface area contributed by atoms with Crippen LogP contribution in [-0.2, 0) is 9.31 Å². The van der Waals surface area contributed by atoms with Crippen LogP contribution in [0.4, 0.5) is 0 Å². The van der Waals surface area contributed by atoms with Crippen LogP contribution in [0.2, 0.25) is 0 Å². The van der Waals surface area contributed by atoms with Gasteiger partial charge in [-0.2, -0.15) is 0 Å². The fourth-order valence-corrected chi connectivity index (χ4v) is 5.74. The molecule has 1 aliphatic rings. The highest BCUT2D eigenvalue weighted by Gasteiger charge is 2.51. The predicted octanol–water partition coefficient (Wildman–Crippen LogP) is 7.11. The third-order valence-corrected chi connectivity index (χ3v) is 8.29. The third kappa shape index (κ3) is 2.81. The smallest absolute Gasteiger partial charge is 0.399 e. The van der Waals surface area contributed by atoms with Crippen LogP contribution in [0.1, 0.15) is 33.3 Å². The van der Waals surface area contributed by atoms with E-state index < -0.39 is 0 Å². The van der Waals surface area contributed by atoms with Crippen molar-refractivity contribution in [2.75, 3.05) is 0 Å². The van der Waals surface area contributed by atoms with Gasteiger partial charge in [0.2, 0.25) is 0 Å². The molecule has 1 aliphatic heterocycles. The standard InChI is InChI=1S/C31H28BNO2/c1-19-16-21(32-34-30(2,3)31(4,5)35-32)14-15-22(19)20-17-25-23-10-6-8-12-27(23)33-28-13-9-7-11-24(28)26(18-20)29(25)33/h6-18H,1-5H3. The first-order valence-electron chi connectivity index (χ1n) is 12.4. The minimum absolute atomic E-state index is 0.346. The van der Waals surface area contributed by atoms with E-state index >= 15 is 0 Å². The maximum Gasteiger partial charge on any atom is 0.494 e. The van der Waals surface area contributed by atoms with Crippen molar-refractivity contribution in [1.82, 2.24) is 4.40 Å². The number of hydrogen-bond acceptors (Lipinski definition) is 2. The maximum absolute atomic E-state index is 6.30. The van der Waals surface area contributed by atoms with E-state index in [1.807, 2.05) is 0 Å². The van der Waals surface area contributed by atoms with Gasteiger partial charge in [-0.15, -0.1) is 0 Å². The molecule has 0 unspecified atom stereocenters. The van der Waals surface area contributed by atoms with E-state index in [9.17, 15) is 0 Å². The van der Waals surface area contributed by atoms with Crippen LogP contribution in [0.5, 0.6) is 0 Å². The minimum atomic E-state index is -0.349. The number of aryl methyl sites for hydroxylation is 1. The lowest BCUT2D eigenvalue weighted by Gasteiger charge is -2.32. The normalized spacial score (nSPS) is 17.5. The van der Waals surface area contributed by atoms with Gasteiger partial charge in [0, 0.05) is 21.5 Å². The monoisotopic (exact) mass is 457 g/mol. The van der Waals surface area contributed by atoms with Crippen molar-refractivity contribution in [1.29, 1.82) is 0 Å². The van der Waals surface area contributed by atoms with Crippen LogP contribution in [0.3, 0.4) is 0 Å². The number of nitrogens with zero attached hydrogens (tertiary/aromatic N) is 1. The molecule has 0 aliphatic carbocycles. The van der Waals surface area contributed by atoms with E-state index in [2.05, 4.69) is 118 Å². The van der Waals surface area contributed by atoms with Crippen molar-refractivity contribution in [3.63, 3.8) is 0 Å². The largest absolute Gasteiger partial charge is 0.494 e. The highest BCUT2D eigenvalue weighted by molar-refractivity contribution is 6.62. The van der Waals surface area contributed by atoms with Crippen molar-refractivity contribution >= 4 is 50.7 Å². The third-order valence-electron chi connectivity index (χ3n) is 8.29.